The first-order valence-corrected chi connectivity index (χ1v) is 8.81. The average molecular weight is 364 g/mol. The molecule has 1 N–H and O–H groups in total. The number of rotatable bonds is 6. The van der Waals surface area contributed by atoms with Crippen molar-refractivity contribution in [2.75, 3.05) is 13.7 Å². The standard InChI is InChI=1S/C21H24N4O2/c1-15-18(13-24-25(15)19-7-5-6-12-22-19)20(26)23-14-21(2,3)16-8-10-17(27-4)11-9-16/h5-13H,14H2,1-4H3,(H,23,26). The van der Waals surface area contributed by atoms with Gasteiger partial charge in [0.1, 0.15) is 5.75 Å². The highest BCUT2D eigenvalue weighted by molar-refractivity contribution is 5.95. The highest BCUT2D eigenvalue weighted by Crippen LogP contribution is 2.24. The summed E-state index contributed by atoms with van der Waals surface area (Å²) in [7, 11) is 1.65. The smallest absolute Gasteiger partial charge is 0.254 e. The number of nitrogens with one attached hydrogen (secondary N) is 1. The Balaban J connectivity index is 1.71. The highest BCUT2D eigenvalue weighted by atomic mass is 16.5. The fourth-order valence-electron chi connectivity index (χ4n) is 2.88. The van der Waals surface area contributed by atoms with Crippen molar-refractivity contribution in [1.29, 1.82) is 0 Å². The lowest BCUT2D eigenvalue weighted by atomic mass is 9.84. The minimum atomic E-state index is -0.215. The molecule has 0 fully saturated rings. The number of methoxy groups -OCH3 is 1. The first-order valence-electron chi connectivity index (χ1n) is 8.81. The molecule has 1 aromatic carbocycles. The molecule has 0 saturated carbocycles. The third-order valence-corrected chi connectivity index (χ3v) is 4.68. The van der Waals surface area contributed by atoms with Gasteiger partial charge in [-0.3, -0.25) is 4.79 Å². The van der Waals surface area contributed by atoms with Gasteiger partial charge in [0.25, 0.3) is 5.91 Å². The summed E-state index contributed by atoms with van der Waals surface area (Å²) in [5.41, 5.74) is 2.22. The molecule has 3 rings (SSSR count). The molecule has 3 aromatic rings. The molecular formula is C21H24N4O2. The van der Waals surface area contributed by atoms with Crippen LogP contribution in [0.2, 0.25) is 0 Å². The van der Waals surface area contributed by atoms with Crippen molar-refractivity contribution in [2.45, 2.75) is 26.2 Å². The van der Waals surface area contributed by atoms with E-state index in [0.29, 0.717) is 17.9 Å². The zero-order valence-corrected chi connectivity index (χ0v) is 16.1. The van der Waals surface area contributed by atoms with E-state index in [-0.39, 0.29) is 11.3 Å². The van der Waals surface area contributed by atoms with E-state index in [1.165, 1.54) is 0 Å². The van der Waals surface area contributed by atoms with Crippen LogP contribution in [0.5, 0.6) is 5.75 Å². The van der Waals surface area contributed by atoms with E-state index in [2.05, 4.69) is 29.2 Å². The Labute approximate surface area is 159 Å². The van der Waals surface area contributed by atoms with Gasteiger partial charge in [-0.25, -0.2) is 9.67 Å². The third-order valence-electron chi connectivity index (χ3n) is 4.68. The van der Waals surface area contributed by atoms with Crippen LogP contribution in [0.15, 0.2) is 54.9 Å². The second kappa shape index (κ2) is 7.61. The monoisotopic (exact) mass is 364 g/mol. The number of pyridine rings is 1. The van der Waals surface area contributed by atoms with Crippen LogP contribution < -0.4 is 10.1 Å². The van der Waals surface area contributed by atoms with Gasteiger partial charge in [0.2, 0.25) is 0 Å². The quantitative estimate of drug-likeness (QED) is 0.729. The maximum absolute atomic E-state index is 12.7. The Bertz CT molecular complexity index is 915. The van der Waals surface area contributed by atoms with Gasteiger partial charge in [0, 0.05) is 18.2 Å². The summed E-state index contributed by atoms with van der Waals surface area (Å²) in [5, 5.41) is 7.34. The van der Waals surface area contributed by atoms with E-state index in [1.807, 2.05) is 49.4 Å². The van der Waals surface area contributed by atoms with E-state index in [9.17, 15) is 4.79 Å². The van der Waals surface area contributed by atoms with E-state index < -0.39 is 0 Å². The number of ether oxygens (including phenoxy) is 1. The van der Waals surface area contributed by atoms with Crippen molar-refractivity contribution < 1.29 is 9.53 Å². The zero-order valence-electron chi connectivity index (χ0n) is 16.1. The van der Waals surface area contributed by atoms with Crippen molar-refractivity contribution >= 4 is 5.91 Å². The lowest BCUT2D eigenvalue weighted by Crippen LogP contribution is -2.36. The molecule has 1 amide bonds. The Kier molecular flexibility index (Phi) is 5.26. The first kappa shape index (κ1) is 18.6. The molecule has 0 radical (unpaired) electrons. The van der Waals surface area contributed by atoms with Crippen molar-refractivity contribution in [3.8, 4) is 11.6 Å². The number of carbonyl (C=O) groups is 1. The molecule has 6 heteroatoms. The van der Waals surface area contributed by atoms with Gasteiger partial charge in [0.05, 0.1) is 24.6 Å². The number of hydrogen-bond donors (Lipinski definition) is 1. The molecule has 2 heterocycles. The molecular weight excluding hydrogens is 340 g/mol. The molecule has 0 spiro atoms. The number of benzene rings is 1. The zero-order chi connectivity index (χ0) is 19.4. The van der Waals surface area contributed by atoms with E-state index in [1.54, 1.807) is 24.2 Å². The van der Waals surface area contributed by atoms with Gasteiger partial charge < -0.3 is 10.1 Å². The lowest BCUT2D eigenvalue weighted by Gasteiger charge is -2.25. The second-order valence-electron chi connectivity index (χ2n) is 7.04. The van der Waals surface area contributed by atoms with E-state index >= 15 is 0 Å². The Morgan fingerprint density at radius 2 is 1.93 bits per heavy atom. The molecule has 2 aromatic heterocycles. The molecule has 6 nitrogen and oxygen atoms in total. The molecule has 0 saturated heterocycles. The van der Waals surface area contributed by atoms with Crippen LogP contribution in [-0.2, 0) is 5.41 Å². The van der Waals surface area contributed by atoms with Gasteiger partial charge in [-0.2, -0.15) is 5.10 Å². The predicted molar refractivity (Wildman–Crippen MR) is 104 cm³/mol. The molecule has 0 unspecified atom stereocenters. The Hall–Kier alpha value is -3.15. The summed E-state index contributed by atoms with van der Waals surface area (Å²) >= 11 is 0. The minimum absolute atomic E-state index is 0.142. The van der Waals surface area contributed by atoms with E-state index in [0.717, 1.165) is 17.0 Å². The average Bonchev–Trinajstić information content (AvgIpc) is 3.08. The van der Waals surface area contributed by atoms with Gasteiger partial charge >= 0.3 is 0 Å². The van der Waals surface area contributed by atoms with Gasteiger partial charge in [-0.1, -0.05) is 32.0 Å². The fraction of sp³-hybridized carbons (Fsp3) is 0.286. The van der Waals surface area contributed by atoms with Gasteiger partial charge in [-0.05, 0) is 36.8 Å². The number of aromatic nitrogens is 3. The topological polar surface area (TPSA) is 69.0 Å². The van der Waals surface area contributed by atoms with E-state index in [4.69, 9.17) is 4.74 Å². The minimum Gasteiger partial charge on any atom is -0.497 e. The summed E-state index contributed by atoms with van der Waals surface area (Å²) in [5.74, 6) is 1.36. The molecule has 0 atom stereocenters. The molecule has 0 aliphatic rings. The molecule has 27 heavy (non-hydrogen) atoms. The number of nitrogens with zero attached hydrogens (tertiary/aromatic N) is 3. The predicted octanol–water partition coefficient (Wildman–Crippen LogP) is 3.29. The van der Waals surface area contributed by atoms with Gasteiger partial charge in [0.15, 0.2) is 5.82 Å². The number of amides is 1. The second-order valence-corrected chi connectivity index (χ2v) is 7.04. The number of carbonyl (C=O) groups excluding carboxylic acids is 1. The van der Waals surface area contributed by atoms with Crippen molar-refractivity contribution in [2.24, 2.45) is 0 Å². The van der Waals surface area contributed by atoms with Crippen LogP contribution >= 0.6 is 0 Å². The largest absolute Gasteiger partial charge is 0.497 e. The Morgan fingerprint density at radius 3 is 2.56 bits per heavy atom. The summed E-state index contributed by atoms with van der Waals surface area (Å²) in [4.78, 5) is 17.0. The van der Waals surface area contributed by atoms with Crippen LogP contribution in [0.4, 0.5) is 0 Å². The molecule has 0 aliphatic heterocycles. The molecule has 0 bridgehead atoms. The van der Waals surface area contributed by atoms with Crippen LogP contribution in [0.3, 0.4) is 0 Å². The fourth-order valence-corrected chi connectivity index (χ4v) is 2.88. The van der Waals surface area contributed by atoms with Crippen molar-refractivity contribution in [1.82, 2.24) is 20.1 Å². The summed E-state index contributed by atoms with van der Waals surface area (Å²) in [6, 6.07) is 13.5. The highest BCUT2D eigenvalue weighted by Gasteiger charge is 2.23. The summed E-state index contributed by atoms with van der Waals surface area (Å²) in [6.07, 6.45) is 3.29. The van der Waals surface area contributed by atoms with Crippen LogP contribution in [-0.4, -0.2) is 34.3 Å². The third kappa shape index (κ3) is 4.00. The van der Waals surface area contributed by atoms with Crippen LogP contribution in [0.25, 0.3) is 5.82 Å². The van der Waals surface area contributed by atoms with Crippen molar-refractivity contribution in [3.05, 3.63) is 71.7 Å². The maximum atomic E-state index is 12.7. The molecule has 140 valence electrons. The maximum Gasteiger partial charge on any atom is 0.254 e. The Morgan fingerprint density at radius 1 is 1.19 bits per heavy atom. The number of hydrogen-bond acceptors (Lipinski definition) is 4. The van der Waals surface area contributed by atoms with Crippen LogP contribution in [0, 0.1) is 6.92 Å². The van der Waals surface area contributed by atoms with Crippen molar-refractivity contribution in [3.63, 3.8) is 0 Å². The first-order chi connectivity index (χ1) is 12.9. The molecule has 0 aliphatic carbocycles. The van der Waals surface area contributed by atoms with Gasteiger partial charge in [-0.15, -0.1) is 0 Å². The SMILES string of the molecule is COc1ccc(C(C)(C)CNC(=O)c2cnn(-c3ccccn3)c2C)cc1. The normalized spacial score (nSPS) is 11.3. The lowest BCUT2D eigenvalue weighted by molar-refractivity contribution is 0.0945. The summed E-state index contributed by atoms with van der Waals surface area (Å²) < 4.78 is 6.88. The summed E-state index contributed by atoms with van der Waals surface area (Å²) in [6.45, 7) is 6.57. The van der Waals surface area contributed by atoms with Crippen LogP contribution in [0.1, 0.15) is 35.5 Å².